The van der Waals surface area contributed by atoms with Gasteiger partial charge in [-0.1, -0.05) is 35.9 Å². The van der Waals surface area contributed by atoms with Crippen LogP contribution in [0.5, 0.6) is 5.75 Å². The third-order valence-electron chi connectivity index (χ3n) is 4.48. The summed E-state index contributed by atoms with van der Waals surface area (Å²) in [6.45, 7) is 0.947. The molecule has 31 heavy (non-hydrogen) atoms. The number of halogens is 1. The van der Waals surface area contributed by atoms with Crippen LogP contribution in [-0.2, 0) is 10.0 Å². The Labute approximate surface area is 187 Å². The first-order valence-corrected chi connectivity index (χ1v) is 11.5. The molecule has 0 heterocycles. The zero-order valence-corrected chi connectivity index (χ0v) is 18.6. The maximum atomic E-state index is 12.7. The molecule has 6 nitrogen and oxygen atoms in total. The molecule has 0 aliphatic heterocycles. The molecule has 1 amide bonds. The lowest BCUT2D eigenvalue weighted by molar-refractivity contribution is 0.0788. The molecular weight excluding hydrogens is 436 g/mol. The van der Waals surface area contributed by atoms with Gasteiger partial charge >= 0.3 is 0 Å². The first-order chi connectivity index (χ1) is 14.8. The van der Waals surface area contributed by atoms with E-state index < -0.39 is 10.0 Å². The number of rotatable bonds is 9. The van der Waals surface area contributed by atoms with Crippen molar-refractivity contribution in [1.82, 2.24) is 4.90 Å². The second kappa shape index (κ2) is 10.3. The SMILES string of the molecule is CN(CCCOc1ccc(Cl)cc1)C(=O)c1cccc(NS(=O)(=O)c2ccccc2)c1. The number of ether oxygens (including phenoxy) is 1. The van der Waals surface area contributed by atoms with Crippen LogP contribution in [0.1, 0.15) is 16.8 Å². The fraction of sp³-hybridized carbons (Fsp3) is 0.174. The predicted molar refractivity (Wildman–Crippen MR) is 122 cm³/mol. The van der Waals surface area contributed by atoms with Crippen LogP contribution in [0.3, 0.4) is 0 Å². The minimum atomic E-state index is -3.72. The van der Waals surface area contributed by atoms with Crippen LogP contribution in [0, 0.1) is 0 Å². The molecule has 3 aromatic carbocycles. The zero-order valence-electron chi connectivity index (χ0n) is 17.0. The van der Waals surface area contributed by atoms with Gasteiger partial charge in [-0.3, -0.25) is 9.52 Å². The molecule has 0 fully saturated rings. The summed E-state index contributed by atoms with van der Waals surface area (Å²) in [6, 6.07) is 21.6. The zero-order chi connectivity index (χ0) is 22.3. The average molecular weight is 459 g/mol. The molecule has 3 aromatic rings. The van der Waals surface area contributed by atoms with Crippen molar-refractivity contribution in [1.29, 1.82) is 0 Å². The second-order valence-corrected chi connectivity index (χ2v) is 9.00. The van der Waals surface area contributed by atoms with Crippen molar-refractivity contribution in [3.05, 3.63) is 89.4 Å². The van der Waals surface area contributed by atoms with E-state index in [9.17, 15) is 13.2 Å². The number of benzene rings is 3. The number of hydrogen-bond acceptors (Lipinski definition) is 4. The van der Waals surface area contributed by atoms with Crippen LogP contribution in [-0.4, -0.2) is 39.4 Å². The summed E-state index contributed by atoms with van der Waals surface area (Å²) in [4.78, 5) is 14.5. The molecule has 0 radical (unpaired) electrons. The standard InChI is InChI=1S/C23H23ClN2O4S/c1-26(15-6-16-30-21-13-11-19(24)12-14-21)23(27)18-7-5-8-20(17-18)25-31(28,29)22-9-3-2-4-10-22/h2-5,7-14,17,25H,6,15-16H2,1H3. The van der Waals surface area contributed by atoms with Crippen molar-refractivity contribution in [3.8, 4) is 5.75 Å². The highest BCUT2D eigenvalue weighted by Crippen LogP contribution is 2.18. The van der Waals surface area contributed by atoms with Gasteiger partial charge < -0.3 is 9.64 Å². The average Bonchev–Trinajstić information content (AvgIpc) is 2.78. The first kappa shape index (κ1) is 22.7. The van der Waals surface area contributed by atoms with Gasteiger partial charge in [0.1, 0.15) is 5.75 Å². The van der Waals surface area contributed by atoms with Crippen LogP contribution < -0.4 is 9.46 Å². The Balaban J connectivity index is 1.55. The molecule has 0 saturated heterocycles. The summed E-state index contributed by atoms with van der Waals surface area (Å²) in [7, 11) is -2.02. The van der Waals surface area contributed by atoms with Crippen LogP contribution in [0.25, 0.3) is 0 Å². The highest BCUT2D eigenvalue weighted by Gasteiger charge is 2.16. The van der Waals surface area contributed by atoms with Crippen molar-refractivity contribution in [2.75, 3.05) is 24.9 Å². The van der Waals surface area contributed by atoms with Crippen molar-refractivity contribution in [3.63, 3.8) is 0 Å². The Bertz CT molecular complexity index is 1120. The number of carbonyl (C=O) groups is 1. The van der Waals surface area contributed by atoms with Gasteiger partial charge in [-0.15, -0.1) is 0 Å². The largest absolute Gasteiger partial charge is 0.494 e. The topological polar surface area (TPSA) is 75.7 Å². The summed E-state index contributed by atoms with van der Waals surface area (Å²) in [5.41, 5.74) is 0.726. The van der Waals surface area contributed by atoms with E-state index in [0.29, 0.717) is 35.8 Å². The second-order valence-electron chi connectivity index (χ2n) is 6.88. The summed E-state index contributed by atoms with van der Waals surface area (Å²) >= 11 is 5.85. The smallest absolute Gasteiger partial charge is 0.261 e. The third-order valence-corrected chi connectivity index (χ3v) is 6.13. The molecule has 0 saturated carbocycles. The molecule has 0 atom stereocenters. The van der Waals surface area contributed by atoms with E-state index in [1.54, 1.807) is 72.6 Å². The van der Waals surface area contributed by atoms with Gasteiger partial charge in [0.25, 0.3) is 15.9 Å². The molecule has 8 heteroatoms. The van der Waals surface area contributed by atoms with Gasteiger partial charge in [0, 0.05) is 29.9 Å². The van der Waals surface area contributed by atoms with Gasteiger partial charge in [0.15, 0.2) is 0 Å². The normalized spacial score (nSPS) is 11.0. The highest BCUT2D eigenvalue weighted by atomic mass is 35.5. The molecule has 0 unspecified atom stereocenters. The predicted octanol–water partition coefficient (Wildman–Crippen LogP) is 4.68. The Morgan fingerprint density at radius 1 is 1.00 bits per heavy atom. The van der Waals surface area contributed by atoms with Gasteiger partial charge in [0.2, 0.25) is 0 Å². The summed E-state index contributed by atoms with van der Waals surface area (Å²) in [6.07, 6.45) is 0.644. The molecule has 0 aliphatic carbocycles. The first-order valence-electron chi connectivity index (χ1n) is 9.67. The molecule has 162 valence electrons. The number of sulfonamides is 1. The Morgan fingerprint density at radius 2 is 1.71 bits per heavy atom. The molecular formula is C23H23ClN2O4S. The number of nitrogens with zero attached hydrogens (tertiary/aromatic N) is 1. The van der Waals surface area contributed by atoms with Crippen molar-refractivity contribution in [2.24, 2.45) is 0 Å². The lowest BCUT2D eigenvalue weighted by Crippen LogP contribution is -2.28. The number of anilines is 1. The van der Waals surface area contributed by atoms with E-state index in [1.165, 1.54) is 18.2 Å². The van der Waals surface area contributed by atoms with E-state index in [-0.39, 0.29) is 10.8 Å². The maximum absolute atomic E-state index is 12.7. The molecule has 0 aliphatic rings. The number of nitrogens with one attached hydrogen (secondary N) is 1. The minimum Gasteiger partial charge on any atom is -0.494 e. The van der Waals surface area contributed by atoms with Gasteiger partial charge in [-0.25, -0.2) is 8.42 Å². The van der Waals surface area contributed by atoms with Crippen molar-refractivity contribution in [2.45, 2.75) is 11.3 Å². The Kier molecular flexibility index (Phi) is 7.55. The Morgan fingerprint density at radius 3 is 2.42 bits per heavy atom. The van der Waals surface area contributed by atoms with E-state index in [1.807, 2.05) is 0 Å². The molecule has 0 aromatic heterocycles. The summed E-state index contributed by atoms with van der Waals surface area (Å²) in [5.74, 6) is 0.518. The molecule has 0 bridgehead atoms. The van der Waals surface area contributed by atoms with Crippen molar-refractivity contribution < 1.29 is 17.9 Å². The Hall–Kier alpha value is -3.03. The van der Waals surface area contributed by atoms with Gasteiger partial charge in [-0.05, 0) is 61.0 Å². The maximum Gasteiger partial charge on any atom is 0.261 e. The fourth-order valence-corrected chi connectivity index (χ4v) is 4.07. The number of amides is 1. The molecule has 3 rings (SSSR count). The lowest BCUT2D eigenvalue weighted by atomic mass is 10.2. The van der Waals surface area contributed by atoms with Crippen LogP contribution in [0.4, 0.5) is 5.69 Å². The summed E-state index contributed by atoms with van der Waals surface area (Å²) < 4.78 is 33.2. The van der Waals surface area contributed by atoms with E-state index in [4.69, 9.17) is 16.3 Å². The minimum absolute atomic E-state index is 0.157. The van der Waals surface area contributed by atoms with Gasteiger partial charge in [0.05, 0.1) is 11.5 Å². The summed E-state index contributed by atoms with van der Waals surface area (Å²) in [5, 5.41) is 0.644. The third kappa shape index (κ3) is 6.47. The van der Waals surface area contributed by atoms with E-state index in [0.717, 1.165) is 5.75 Å². The number of carbonyl (C=O) groups excluding carboxylic acids is 1. The van der Waals surface area contributed by atoms with E-state index in [2.05, 4.69) is 4.72 Å². The quantitative estimate of drug-likeness (QED) is 0.472. The highest BCUT2D eigenvalue weighted by molar-refractivity contribution is 7.92. The van der Waals surface area contributed by atoms with Crippen LogP contribution >= 0.6 is 11.6 Å². The van der Waals surface area contributed by atoms with E-state index >= 15 is 0 Å². The molecule has 0 spiro atoms. The monoisotopic (exact) mass is 458 g/mol. The fourth-order valence-electron chi connectivity index (χ4n) is 2.87. The lowest BCUT2D eigenvalue weighted by Gasteiger charge is -2.18. The number of hydrogen-bond donors (Lipinski definition) is 1. The van der Waals surface area contributed by atoms with Crippen molar-refractivity contribution >= 4 is 33.2 Å². The van der Waals surface area contributed by atoms with Gasteiger partial charge in [-0.2, -0.15) is 0 Å². The van der Waals surface area contributed by atoms with Crippen LogP contribution in [0.2, 0.25) is 5.02 Å². The molecule has 1 N–H and O–H groups in total. The van der Waals surface area contributed by atoms with Crippen LogP contribution in [0.15, 0.2) is 83.8 Å².